The van der Waals surface area contributed by atoms with Crippen molar-refractivity contribution in [1.29, 1.82) is 0 Å². The molecule has 0 spiro atoms. The summed E-state index contributed by atoms with van der Waals surface area (Å²) in [5.41, 5.74) is 1.79. The summed E-state index contributed by atoms with van der Waals surface area (Å²) in [6.45, 7) is 3.75. The van der Waals surface area contributed by atoms with Crippen LogP contribution in [0.25, 0.3) is 0 Å². The maximum atomic E-state index is 14.3. The molecule has 2 aromatic carbocycles. The molecule has 0 N–H and O–H groups in total. The van der Waals surface area contributed by atoms with Crippen LogP contribution in [0.4, 0.5) is 14.5 Å². The fraction of sp³-hybridized carbons (Fsp3) is 0.304. The van der Waals surface area contributed by atoms with Gasteiger partial charge in [-0.2, -0.15) is 0 Å². The number of likely N-dealkylation sites (tertiary alicyclic amines) is 1. The molecule has 0 amide bonds. The average Bonchev–Trinajstić information content (AvgIpc) is 3.25. The number of benzene rings is 2. The quantitative estimate of drug-likeness (QED) is 0.550. The van der Waals surface area contributed by atoms with Crippen molar-refractivity contribution in [2.45, 2.75) is 37.2 Å². The third-order valence-corrected chi connectivity index (χ3v) is 7.55. The molecule has 4 rings (SSSR count). The van der Waals surface area contributed by atoms with Gasteiger partial charge in [-0.3, -0.25) is 9.21 Å². The molecule has 5 nitrogen and oxygen atoms in total. The summed E-state index contributed by atoms with van der Waals surface area (Å²) in [7, 11) is -4.00. The topological polar surface area (TPSA) is 53.8 Å². The van der Waals surface area contributed by atoms with Crippen LogP contribution in [0.1, 0.15) is 24.0 Å². The number of nitrogens with zero attached hydrogens (tertiary/aromatic N) is 2. The van der Waals surface area contributed by atoms with Gasteiger partial charge in [-0.05, 0) is 67.8 Å². The summed E-state index contributed by atoms with van der Waals surface area (Å²) in [4.78, 5) is 2.22. The highest BCUT2D eigenvalue weighted by molar-refractivity contribution is 7.92. The Bertz CT molecular complexity index is 1120. The number of hydrogen-bond acceptors (Lipinski definition) is 4. The molecule has 3 aromatic rings. The molecule has 8 heteroatoms. The fourth-order valence-corrected chi connectivity index (χ4v) is 5.64. The van der Waals surface area contributed by atoms with Gasteiger partial charge in [-0.15, -0.1) is 0 Å². The van der Waals surface area contributed by atoms with E-state index in [1.807, 2.05) is 6.07 Å². The average molecular weight is 447 g/mol. The van der Waals surface area contributed by atoms with Crippen LogP contribution in [0.15, 0.2) is 70.4 Å². The van der Waals surface area contributed by atoms with Crippen molar-refractivity contribution >= 4 is 15.7 Å². The van der Waals surface area contributed by atoms with E-state index in [-0.39, 0.29) is 16.6 Å². The Balaban J connectivity index is 1.63. The molecule has 2 heterocycles. The largest absolute Gasteiger partial charge is 0.472 e. The fourth-order valence-electron chi connectivity index (χ4n) is 3.94. The van der Waals surface area contributed by atoms with E-state index in [4.69, 9.17) is 4.42 Å². The van der Waals surface area contributed by atoms with Gasteiger partial charge in [-0.1, -0.05) is 6.07 Å². The lowest BCUT2D eigenvalue weighted by molar-refractivity contribution is 0.206. The number of aryl methyl sites for hydroxylation is 1. The summed E-state index contributed by atoms with van der Waals surface area (Å²) >= 11 is 0. The maximum absolute atomic E-state index is 14.3. The number of furan rings is 1. The van der Waals surface area contributed by atoms with Crippen molar-refractivity contribution in [1.82, 2.24) is 4.90 Å². The molecule has 1 saturated heterocycles. The monoisotopic (exact) mass is 446 g/mol. The molecule has 1 aliphatic rings. The van der Waals surface area contributed by atoms with E-state index < -0.39 is 21.7 Å². The molecule has 1 fully saturated rings. The smallest absolute Gasteiger partial charge is 0.264 e. The first-order valence-electron chi connectivity index (χ1n) is 10.1. The molecule has 164 valence electrons. The van der Waals surface area contributed by atoms with E-state index in [0.717, 1.165) is 24.2 Å². The molecule has 0 saturated carbocycles. The number of hydrogen-bond donors (Lipinski definition) is 0. The molecular weight excluding hydrogens is 422 g/mol. The van der Waals surface area contributed by atoms with Crippen molar-refractivity contribution < 1.29 is 21.6 Å². The number of anilines is 1. The maximum Gasteiger partial charge on any atom is 0.264 e. The lowest BCUT2D eigenvalue weighted by Crippen LogP contribution is -2.47. The minimum atomic E-state index is -4.00. The highest BCUT2D eigenvalue weighted by Crippen LogP contribution is 2.32. The molecule has 31 heavy (non-hydrogen) atoms. The highest BCUT2D eigenvalue weighted by Gasteiger charge is 2.34. The zero-order chi connectivity index (χ0) is 22.0. The van der Waals surface area contributed by atoms with Gasteiger partial charge in [-0.25, -0.2) is 17.2 Å². The zero-order valence-corrected chi connectivity index (χ0v) is 18.0. The third kappa shape index (κ3) is 4.65. The standard InChI is InChI=1S/C23H24F2N2O3S/c1-17-2-5-21(14-23(17)25)27(31(28,29)22-6-3-19(24)4-7-22)20-8-11-26(12-9-20)15-18-10-13-30-16-18/h2-7,10,13-14,16,20H,8-9,11-12,15H2,1H3. The predicted molar refractivity (Wildman–Crippen MR) is 114 cm³/mol. The number of halogens is 2. The van der Waals surface area contributed by atoms with E-state index in [1.54, 1.807) is 31.6 Å². The van der Waals surface area contributed by atoms with Crippen LogP contribution in [0.2, 0.25) is 0 Å². The van der Waals surface area contributed by atoms with Gasteiger partial charge in [0.2, 0.25) is 0 Å². The van der Waals surface area contributed by atoms with E-state index in [1.165, 1.54) is 22.5 Å². The van der Waals surface area contributed by atoms with Crippen LogP contribution in [-0.2, 0) is 16.6 Å². The van der Waals surface area contributed by atoms with Crippen LogP contribution in [0, 0.1) is 18.6 Å². The summed E-state index contributed by atoms with van der Waals surface area (Å²) in [5.74, 6) is -0.978. The van der Waals surface area contributed by atoms with E-state index in [0.29, 0.717) is 31.5 Å². The van der Waals surface area contributed by atoms with Gasteiger partial charge in [0.25, 0.3) is 10.0 Å². The van der Waals surface area contributed by atoms with Gasteiger partial charge in [0.1, 0.15) is 11.6 Å². The molecule has 0 atom stereocenters. The van der Waals surface area contributed by atoms with Gasteiger partial charge < -0.3 is 4.42 Å². The van der Waals surface area contributed by atoms with Gasteiger partial charge in [0, 0.05) is 31.2 Å². The molecule has 0 aliphatic carbocycles. The van der Waals surface area contributed by atoms with E-state index in [9.17, 15) is 17.2 Å². The number of sulfonamides is 1. The summed E-state index contributed by atoms with van der Waals surface area (Å²) in [5, 5.41) is 0. The second-order valence-corrected chi connectivity index (χ2v) is 9.64. The second-order valence-electron chi connectivity index (χ2n) is 7.83. The van der Waals surface area contributed by atoms with Crippen LogP contribution < -0.4 is 4.31 Å². The minimum absolute atomic E-state index is 0.0179. The van der Waals surface area contributed by atoms with Crippen molar-refractivity contribution in [2.75, 3.05) is 17.4 Å². The Kier molecular flexibility index (Phi) is 6.11. The zero-order valence-electron chi connectivity index (χ0n) is 17.2. The highest BCUT2D eigenvalue weighted by atomic mass is 32.2. The lowest BCUT2D eigenvalue weighted by atomic mass is 10.0. The molecule has 0 radical (unpaired) electrons. The normalized spacial score (nSPS) is 15.8. The van der Waals surface area contributed by atoms with Gasteiger partial charge in [0.15, 0.2) is 0 Å². The van der Waals surface area contributed by atoms with Crippen LogP contribution in [-0.4, -0.2) is 32.4 Å². The van der Waals surface area contributed by atoms with Crippen molar-refractivity contribution in [3.63, 3.8) is 0 Å². The molecule has 0 bridgehead atoms. The number of rotatable bonds is 6. The SMILES string of the molecule is Cc1ccc(N(C2CCN(Cc3ccoc3)CC2)S(=O)(=O)c2ccc(F)cc2)cc1F. The molecule has 1 aromatic heterocycles. The third-order valence-electron chi connectivity index (χ3n) is 5.66. The Morgan fingerprint density at radius 2 is 1.77 bits per heavy atom. The van der Waals surface area contributed by atoms with Gasteiger partial charge in [0.05, 0.1) is 23.1 Å². The first-order valence-corrected chi connectivity index (χ1v) is 11.6. The van der Waals surface area contributed by atoms with Gasteiger partial charge >= 0.3 is 0 Å². The lowest BCUT2D eigenvalue weighted by Gasteiger charge is -2.39. The number of piperidine rings is 1. The Hall–Kier alpha value is -2.71. The summed E-state index contributed by atoms with van der Waals surface area (Å²) in [6.07, 6.45) is 4.51. The second kappa shape index (κ2) is 8.80. The van der Waals surface area contributed by atoms with Crippen LogP contribution in [0.3, 0.4) is 0 Å². The molecular formula is C23H24F2N2O3S. The summed E-state index contributed by atoms with van der Waals surface area (Å²) < 4.78 is 61.2. The first kappa shape index (κ1) is 21.5. The van der Waals surface area contributed by atoms with Crippen LogP contribution in [0.5, 0.6) is 0 Å². The Morgan fingerprint density at radius 1 is 1.06 bits per heavy atom. The first-order chi connectivity index (χ1) is 14.8. The van der Waals surface area contributed by atoms with Crippen molar-refractivity contribution in [3.05, 3.63) is 83.8 Å². The van der Waals surface area contributed by atoms with Crippen molar-refractivity contribution in [2.24, 2.45) is 0 Å². The van der Waals surface area contributed by atoms with E-state index in [2.05, 4.69) is 4.90 Å². The molecule has 1 aliphatic heterocycles. The Morgan fingerprint density at radius 3 is 2.39 bits per heavy atom. The van der Waals surface area contributed by atoms with E-state index >= 15 is 0 Å². The van der Waals surface area contributed by atoms with Crippen LogP contribution >= 0.6 is 0 Å². The summed E-state index contributed by atoms with van der Waals surface area (Å²) in [6, 6.07) is 10.8. The van der Waals surface area contributed by atoms with Crippen molar-refractivity contribution in [3.8, 4) is 0 Å². The Labute approximate surface area is 181 Å². The molecule has 0 unspecified atom stereocenters. The minimum Gasteiger partial charge on any atom is -0.472 e. The predicted octanol–water partition coefficient (Wildman–Crippen LogP) is 4.73.